The summed E-state index contributed by atoms with van der Waals surface area (Å²) in [7, 11) is 3.01. The highest BCUT2D eigenvalue weighted by Gasteiger charge is 2.30. The average Bonchev–Trinajstić information content (AvgIpc) is 3.43. The monoisotopic (exact) mass is 427 g/mol. The Kier molecular flexibility index (Phi) is 5.71. The molecule has 0 saturated carbocycles. The average molecular weight is 427 g/mol. The predicted octanol–water partition coefficient (Wildman–Crippen LogP) is 4.08. The van der Waals surface area contributed by atoms with Crippen LogP contribution in [0.25, 0.3) is 17.5 Å². The smallest absolute Gasteiger partial charge is 0.266 e. The second kappa shape index (κ2) is 8.58. The SMILES string of the molecule is COc1cccc(OC)c1C(=O)N1CCS/C1=C/c1nc(-c2ccccc2F)no1. The van der Waals surface area contributed by atoms with Crippen LogP contribution < -0.4 is 9.47 Å². The summed E-state index contributed by atoms with van der Waals surface area (Å²) in [5, 5.41) is 4.50. The van der Waals surface area contributed by atoms with Gasteiger partial charge in [0.05, 0.1) is 24.8 Å². The molecule has 7 nitrogen and oxygen atoms in total. The first kappa shape index (κ1) is 20.0. The summed E-state index contributed by atoms with van der Waals surface area (Å²) in [6.45, 7) is 0.505. The Bertz CT molecular complexity index is 1090. The number of amides is 1. The molecule has 0 atom stereocenters. The van der Waals surface area contributed by atoms with Crippen LogP contribution in [0.2, 0.25) is 0 Å². The zero-order valence-corrected chi connectivity index (χ0v) is 17.1. The van der Waals surface area contributed by atoms with E-state index in [0.717, 1.165) is 0 Å². The maximum atomic E-state index is 14.0. The van der Waals surface area contributed by atoms with Gasteiger partial charge in [-0.25, -0.2) is 4.39 Å². The van der Waals surface area contributed by atoms with Crippen molar-refractivity contribution in [3.63, 3.8) is 0 Å². The Morgan fingerprint density at radius 3 is 2.60 bits per heavy atom. The van der Waals surface area contributed by atoms with E-state index in [9.17, 15) is 9.18 Å². The van der Waals surface area contributed by atoms with Crippen LogP contribution >= 0.6 is 11.8 Å². The highest BCUT2D eigenvalue weighted by atomic mass is 32.2. The number of thioether (sulfide) groups is 1. The van der Waals surface area contributed by atoms with E-state index < -0.39 is 5.82 Å². The van der Waals surface area contributed by atoms with E-state index in [2.05, 4.69) is 10.1 Å². The molecule has 30 heavy (non-hydrogen) atoms. The van der Waals surface area contributed by atoms with E-state index in [1.807, 2.05) is 0 Å². The summed E-state index contributed by atoms with van der Waals surface area (Å²) in [6.07, 6.45) is 1.62. The van der Waals surface area contributed by atoms with Crippen molar-refractivity contribution in [3.05, 3.63) is 64.8 Å². The van der Waals surface area contributed by atoms with Gasteiger partial charge in [0, 0.05) is 18.4 Å². The number of halogens is 1. The summed E-state index contributed by atoms with van der Waals surface area (Å²) in [5.74, 6) is 1.20. The van der Waals surface area contributed by atoms with E-state index in [4.69, 9.17) is 14.0 Å². The number of nitrogens with zero attached hydrogens (tertiary/aromatic N) is 3. The molecule has 1 fully saturated rings. The molecule has 1 amide bonds. The molecule has 4 rings (SSSR count). The van der Waals surface area contributed by atoms with E-state index in [-0.39, 0.29) is 23.2 Å². The predicted molar refractivity (Wildman–Crippen MR) is 111 cm³/mol. The molecule has 1 aromatic heterocycles. The largest absolute Gasteiger partial charge is 0.496 e. The van der Waals surface area contributed by atoms with Gasteiger partial charge in [-0.05, 0) is 24.3 Å². The van der Waals surface area contributed by atoms with Gasteiger partial charge in [0.2, 0.25) is 5.82 Å². The van der Waals surface area contributed by atoms with Gasteiger partial charge in [-0.2, -0.15) is 4.98 Å². The molecule has 2 aromatic carbocycles. The van der Waals surface area contributed by atoms with Gasteiger partial charge >= 0.3 is 0 Å². The minimum atomic E-state index is -0.437. The van der Waals surface area contributed by atoms with Crippen molar-refractivity contribution in [2.75, 3.05) is 26.5 Å². The molecule has 154 valence electrons. The van der Waals surface area contributed by atoms with Gasteiger partial charge in [-0.1, -0.05) is 23.4 Å². The first-order valence-electron chi connectivity index (χ1n) is 9.08. The molecule has 9 heteroatoms. The van der Waals surface area contributed by atoms with Crippen LogP contribution in [0.1, 0.15) is 16.2 Å². The molecule has 1 aliphatic heterocycles. The lowest BCUT2D eigenvalue weighted by Crippen LogP contribution is -2.27. The van der Waals surface area contributed by atoms with Crippen LogP contribution in [0.3, 0.4) is 0 Å². The maximum Gasteiger partial charge on any atom is 0.266 e. The molecular formula is C21H18FN3O4S. The summed E-state index contributed by atoms with van der Waals surface area (Å²) in [5.41, 5.74) is 0.588. The van der Waals surface area contributed by atoms with Gasteiger partial charge < -0.3 is 18.9 Å². The fourth-order valence-electron chi connectivity index (χ4n) is 3.10. The molecule has 0 radical (unpaired) electrons. The summed E-state index contributed by atoms with van der Waals surface area (Å²) >= 11 is 1.49. The molecule has 0 N–H and O–H groups in total. The Labute approximate surface area is 176 Å². The quantitative estimate of drug-likeness (QED) is 0.607. The number of hydrogen-bond donors (Lipinski definition) is 0. The minimum Gasteiger partial charge on any atom is -0.496 e. The van der Waals surface area contributed by atoms with Crippen LogP contribution in [0.4, 0.5) is 4.39 Å². The first-order chi connectivity index (χ1) is 14.6. The molecule has 3 aromatic rings. The molecule has 1 aliphatic rings. The second-order valence-corrected chi connectivity index (χ2v) is 7.38. The fourth-order valence-corrected chi connectivity index (χ4v) is 4.10. The fraction of sp³-hybridized carbons (Fsp3) is 0.190. The Balaban J connectivity index is 1.64. The van der Waals surface area contributed by atoms with Crippen molar-refractivity contribution < 1.29 is 23.2 Å². The van der Waals surface area contributed by atoms with Gasteiger partial charge in [0.25, 0.3) is 11.8 Å². The summed E-state index contributed by atoms with van der Waals surface area (Å²) < 4.78 is 29.9. The molecule has 0 bridgehead atoms. The zero-order valence-electron chi connectivity index (χ0n) is 16.3. The van der Waals surface area contributed by atoms with Crippen LogP contribution in [0.15, 0.2) is 52.0 Å². The molecular weight excluding hydrogens is 409 g/mol. The van der Waals surface area contributed by atoms with Crippen LogP contribution in [-0.4, -0.2) is 47.5 Å². The zero-order chi connectivity index (χ0) is 21.1. The maximum absolute atomic E-state index is 14.0. The van der Waals surface area contributed by atoms with Crippen LogP contribution in [-0.2, 0) is 0 Å². The second-order valence-electron chi connectivity index (χ2n) is 6.26. The molecule has 1 saturated heterocycles. The summed E-state index contributed by atoms with van der Waals surface area (Å²) in [6, 6.07) is 11.4. The van der Waals surface area contributed by atoms with Crippen LogP contribution in [0, 0.1) is 5.82 Å². The number of ether oxygens (including phenoxy) is 2. The third kappa shape index (κ3) is 3.76. The third-order valence-corrected chi connectivity index (χ3v) is 5.54. The van der Waals surface area contributed by atoms with Gasteiger partial charge in [0.1, 0.15) is 22.9 Å². The lowest BCUT2D eigenvalue weighted by Gasteiger charge is -2.20. The number of rotatable bonds is 5. The highest BCUT2D eigenvalue weighted by Crippen LogP contribution is 2.36. The topological polar surface area (TPSA) is 77.7 Å². The van der Waals surface area contributed by atoms with E-state index in [1.54, 1.807) is 47.4 Å². The Morgan fingerprint density at radius 2 is 1.90 bits per heavy atom. The third-order valence-electron chi connectivity index (χ3n) is 4.52. The Hall–Kier alpha value is -3.33. The minimum absolute atomic E-state index is 0.146. The lowest BCUT2D eigenvalue weighted by atomic mass is 10.1. The molecule has 2 heterocycles. The van der Waals surface area contributed by atoms with E-state index >= 15 is 0 Å². The summed E-state index contributed by atoms with van der Waals surface area (Å²) in [4.78, 5) is 19.1. The van der Waals surface area contributed by atoms with E-state index in [1.165, 1.54) is 32.0 Å². The van der Waals surface area contributed by atoms with Crippen molar-refractivity contribution in [3.8, 4) is 22.9 Å². The van der Waals surface area contributed by atoms with E-state index in [0.29, 0.717) is 34.4 Å². The highest BCUT2D eigenvalue weighted by molar-refractivity contribution is 8.03. The number of aromatic nitrogens is 2. The van der Waals surface area contributed by atoms with Crippen molar-refractivity contribution in [1.29, 1.82) is 0 Å². The Morgan fingerprint density at radius 1 is 1.17 bits per heavy atom. The number of hydrogen-bond acceptors (Lipinski definition) is 7. The first-order valence-corrected chi connectivity index (χ1v) is 10.1. The number of carbonyl (C=O) groups is 1. The lowest BCUT2D eigenvalue weighted by molar-refractivity contribution is 0.0824. The standard InChI is InChI=1S/C21H18FN3O4S/c1-27-15-8-5-9-16(28-2)19(15)21(26)25-10-11-30-18(25)12-17-23-20(24-29-17)13-6-3-4-7-14(13)22/h3-9,12H,10-11H2,1-2H3/b18-12+. The van der Waals surface area contributed by atoms with Crippen molar-refractivity contribution >= 4 is 23.7 Å². The van der Waals surface area contributed by atoms with Crippen LogP contribution in [0.5, 0.6) is 11.5 Å². The van der Waals surface area contributed by atoms with Crippen molar-refractivity contribution in [2.45, 2.75) is 0 Å². The number of benzene rings is 2. The van der Waals surface area contributed by atoms with Crippen molar-refractivity contribution in [2.24, 2.45) is 0 Å². The molecule has 0 spiro atoms. The van der Waals surface area contributed by atoms with Crippen molar-refractivity contribution in [1.82, 2.24) is 15.0 Å². The van der Waals surface area contributed by atoms with Gasteiger partial charge in [-0.3, -0.25) is 4.79 Å². The van der Waals surface area contributed by atoms with Gasteiger partial charge in [0.15, 0.2) is 0 Å². The van der Waals surface area contributed by atoms with Gasteiger partial charge in [-0.15, -0.1) is 11.8 Å². The number of methoxy groups -OCH3 is 2. The normalized spacial score (nSPS) is 14.9. The molecule has 0 unspecified atom stereocenters. The molecule has 0 aliphatic carbocycles. The number of carbonyl (C=O) groups excluding carboxylic acids is 1.